The Morgan fingerprint density at radius 1 is 1.38 bits per heavy atom. The number of benzene rings is 1. The first kappa shape index (κ1) is 16.8. The van der Waals surface area contributed by atoms with Crippen LogP contribution < -0.4 is 15.4 Å². The van der Waals surface area contributed by atoms with E-state index < -0.39 is 12.6 Å². The molecule has 21 heavy (non-hydrogen) atoms. The number of ether oxygens (including phenoxy) is 1. The van der Waals surface area contributed by atoms with Crippen LogP contribution >= 0.6 is 0 Å². The summed E-state index contributed by atoms with van der Waals surface area (Å²) in [5.41, 5.74) is 0.535. The third-order valence-electron chi connectivity index (χ3n) is 2.47. The van der Waals surface area contributed by atoms with Crippen molar-refractivity contribution in [3.63, 3.8) is 0 Å². The summed E-state index contributed by atoms with van der Waals surface area (Å²) in [6, 6.07) is 6.26. The number of hydrogen-bond donors (Lipinski definition) is 3. The molecule has 0 spiro atoms. The van der Waals surface area contributed by atoms with E-state index in [1.807, 2.05) is 25.9 Å². The molecule has 1 aromatic rings. The van der Waals surface area contributed by atoms with Gasteiger partial charge in [-0.25, -0.2) is 9.59 Å². The standard InChI is InChI=1S/C14H21N3O4/c1-10(8-17(2)3)15-14(20)16-11-5-4-6-12(7-11)21-9-13(18)19/h4-7,10H,8-9H2,1-3H3,(H,18,19)(H2,15,16,20). The summed E-state index contributed by atoms with van der Waals surface area (Å²) in [6.07, 6.45) is 0. The molecule has 7 nitrogen and oxygen atoms in total. The third kappa shape index (κ3) is 7.17. The molecule has 7 heteroatoms. The monoisotopic (exact) mass is 295 g/mol. The number of carbonyl (C=O) groups is 2. The first-order valence-electron chi connectivity index (χ1n) is 6.53. The zero-order valence-corrected chi connectivity index (χ0v) is 12.4. The molecule has 3 N–H and O–H groups in total. The van der Waals surface area contributed by atoms with Crippen molar-refractivity contribution in [1.29, 1.82) is 0 Å². The topological polar surface area (TPSA) is 90.9 Å². The molecule has 1 atom stereocenters. The number of rotatable bonds is 7. The Labute approximate surface area is 123 Å². The smallest absolute Gasteiger partial charge is 0.341 e. The highest BCUT2D eigenvalue weighted by Crippen LogP contribution is 2.17. The highest BCUT2D eigenvalue weighted by Gasteiger charge is 2.08. The van der Waals surface area contributed by atoms with Crippen LogP contribution in [0, 0.1) is 0 Å². The summed E-state index contributed by atoms with van der Waals surface area (Å²) in [4.78, 5) is 24.2. The van der Waals surface area contributed by atoms with Gasteiger partial charge >= 0.3 is 12.0 Å². The van der Waals surface area contributed by atoms with Crippen LogP contribution in [-0.4, -0.2) is 55.3 Å². The van der Waals surface area contributed by atoms with Gasteiger partial charge in [0.1, 0.15) is 5.75 Å². The summed E-state index contributed by atoms with van der Waals surface area (Å²) < 4.78 is 5.05. The van der Waals surface area contributed by atoms with Crippen LogP contribution in [0.2, 0.25) is 0 Å². The molecule has 0 saturated heterocycles. The van der Waals surface area contributed by atoms with Crippen molar-refractivity contribution in [2.75, 3.05) is 32.6 Å². The van der Waals surface area contributed by atoms with E-state index in [0.29, 0.717) is 11.4 Å². The quantitative estimate of drug-likeness (QED) is 0.703. The van der Waals surface area contributed by atoms with Crippen LogP contribution in [0.15, 0.2) is 24.3 Å². The summed E-state index contributed by atoms with van der Waals surface area (Å²) in [5.74, 6) is -0.667. The second kappa shape index (κ2) is 8.11. The number of nitrogens with zero attached hydrogens (tertiary/aromatic N) is 1. The van der Waals surface area contributed by atoms with Crippen molar-refractivity contribution in [1.82, 2.24) is 10.2 Å². The van der Waals surface area contributed by atoms with Gasteiger partial charge in [-0.3, -0.25) is 0 Å². The molecule has 0 saturated carbocycles. The fourth-order valence-corrected chi connectivity index (χ4v) is 1.79. The molecule has 0 aromatic heterocycles. The average molecular weight is 295 g/mol. The Morgan fingerprint density at radius 2 is 2.10 bits per heavy atom. The number of aliphatic carboxylic acids is 1. The van der Waals surface area contributed by atoms with E-state index in [-0.39, 0.29) is 12.1 Å². The first-order valence-corrected chi connectivity index (χ1v) is 6.53. The molecule has 0 radical (unpaired) electrons. The van der Waals surface area contributed by atoms with Crippen molar-refractivity contribution >= 4 is 17.7 Å². The maximum atomic E-state index is 11.8. The highest BCUT2D eigenvalue weighted by molar-refractivity contribution is 5.89. The Hall–Kier alpha value is -2.28. The molecule has 0 aliphatic heterocycles. The molecule has 1 aromatic carbocycles. The summed E-state index contributed by atoms with van der Waals surface area (Å²) in [5, 5.41) is 14.0. The SMILES string of the molecule is CC(CN(C)C)NC(=O)Nc1cccc(OCC(=O)O)c1. The zero-order chi connectivity index (χ0) is 15.8. The van der Waals surface area contributed by atoms with Gasteiger partial charge in [-0.05, 0) is 33.2 Å². The Kier molecular flexibility index (Phi) is 6.48. The predicted molar refractivity (Wildman–Crippen MR) is 79.7 cm³/mol. The van der Waals surface area contributed by atoms with E-state index in [1.54, 1.807) is 24.3 Å². The average Bonchev–Trinajstić information content (AvgIpc) is 2.35. The molecule has 2 amide bonds. The molecule has 0 bridgehead atoms. The summed E-state index contributed by atoms with van der Waals surface area (Å²) in [7, 11) is 3.86. The van der Waals surface area contributed by atoms with E-state index in [2.05, 4.69) is 10.6 Å². The second-order valence-electron chi connectivity index (χ2n) is 4.97. The predicted octanol–water partition coefficient (Wildman–Crippen LogP) is 1.22. The minimum atomic E-state index is -1.05. The molecule has 116 valence electrons. The zero-order valence-electron chi connectivity index (χ0n) is 12.4. The summed E-state index contributed by atoms with van der Waals surface area (Å²) >= 11 is 0. The van der Waals surface area contributed by atoms with Crippen molar-refractivity contribution in [2.45, 2.75) is 13.0 Å². The fourth-order valence-electron chi connectivity index (χ4n) is 1.79. The van der Waals surface area contributed by atoms with E-state index in [9.17, 15) is 9.59 Å². The number of carboxylic acids is 1. The van der Waals surface area contributed by atoms with E-state index in [4.69, 9.17) is 9.84 Å². The van der Waals surface area contributed by atoms with Crippen LogP contribution in [0.4, 0.5) is 10.5 Å². The molecular formula is C14H21N3O4. The van der Waals surface area contributed by atoms with E-state index in [1.165, 1.54) is 0 Å². The van der Waals surface area contributed by atoms with Crippen molar-refractivity contribution in [3.8, 4) is 5.75 Å². The van der Waals surface area contributed by atoms with Gasteiger partial charge in [0.05, 0.1) is 0 Å². The summed E-state index contributed by atoms with van der Waals surface area (Å²) in [6.45, 7) is 2.22. The van der Waals surface area contributed by atoms with Gasteiger partial charge in [-0.15, -0.1) is 0 Å². The Balaban J connectivity index is 2.52. The number of carbonyl (C=O) groups excluding carboxylic acids is 1. The van der Waals surface area contributed by atoms with E-state index in [0.717, 1.165) is 6.54 Å². The van der Waals surface area contributed by atoms with Gasteiger partial charge in [-0.2, -0.15) is 0 Å². The molecule has 0 aliphatic rings. The van der Waals surface area contributed by atoms with Crippen molar-refractivity contribution in [3.05, 3.63) is 24.3 Å². The van der Waals surface area contributed by atoms with Gasteiger partial charge < -0.3 is 25.4 Å². The number of hydrogen-bond acceptors (Lipinski definition) is 4. The minimum absolute atomic E-state index is 0.00597. The normalized spacial score (nSPS) is 11.8. The maximum absolute atomic E-state index is 11.8. The largest absolute Gasteiger partial charge is 0.482 e. The van der Waals surface area contributed by atoms with Gasteiger partial charge in [-0.1, -0.05) is 6.07 Å². The van der Waals surface area contributed by atoms with Crippen LogP contribution in [0.3, 0.4) is 0 Å². The van der Waals surface area contributed by atoms with E-state index >= 15 is 0 Å². The minimum Gasteiger partial charge on any atom is -0.482 e. The maximum Gasteiger partial charge on any atom is 0.341 e. The van der Waals surface area contributed by atoms with Gasteiger partial charge in [0.15, 0.2) is 6.61 Å². The lowest BCUT2D eigenvalue weighted by atomic mass is 10.3. The molecule has 0 fully saturated rings. The number of likely N-dealkylation sites (N-methyl/N-ethyl adjacent to an activating group) is 1. The second-order valence-corrected chi connectivity index (χ2v) is 4.97. The number of carboxylic acid groups (broad SMARTS) is 1. The van der Waals surface area contributed by atoms with Crippen LogP contribution in [0.25, 0.3) is 0 Å². The van der Waals surface area contributed by atoms with Gasteiger partial charge in [0.25, 0.3) is 0 Å². The van der Waals surface area contributed by atoms with Gasteiger partial charge in [0.2, 0.25) is 0 Å². The fraction of sp³-hybridized carbons (Fsp3) is 0.429. The van der Waals surface area contributed by atoms with Gasteiger partial charge in [0, 0.05) is 24.3 Å². The molecular weight excluding hydrogens is 274 g/mol. The number of urea groups is 1. The molecule has 1 unspecified atom stereocenters. The third-order valence-corrected chi connectivity index (χ3v) is 2.47. The number of nitrogens with one attached hydrogen (secondary N) is 2. The van der Waals surface area contributed by atoms with Crippen molar-refractivity contribution < 1.29 is 19.4 Å². The molecule has 0 heterocycles. The van der Waals surface area contributed by atoms with Crippen LogP contribution in [-0.2, 0) is 4.79 Å². The van der Waals surface area contributed by atoms with Crippen LogP contribution in [0.1, 0.15) is 6.92 Å². The molecule has 1 rings (SSSR count). The van der Waals surface area contributed by atoms with Crippen molar-refractivity contribution in [2.24, 2.45) is 0 Å². The highest BCUT2D eigenvalue weighted by atomic mass is 16.5. The first-order chi connectivity index (χ1) is 9.86. The number of amides is 2. The lowest BCUT2D eigenvalue weighted by molar-refractivity contribution is -0.139. The molecule has 0 aliphatic carbocycles. The van der Waals surface area contributed by atoms with Crippen LogP contribution in [0.5, 0.6) is 5.75 Å². The number of anilines is 1. The Morgan fingerprint density at radius 3 is 2.71 bits per heavy atom. The lowest BCUT2D eigenvalue weighted by Crippen LogP contribution is -2.41. The lowest BCUT2D eigenvalue weighted by Gasteiger charge is -2.18. The Bertz CT molecular complexity index is 491.